The molecule has 0 amide bonds. The molecule has 0 saturated carbocycles. The highest BCUT2D eigenvalue weighted by Gasteiger charge is 2.27. The first-order valence-electron chi connectivity index (χ1n) is 6.55. The summed E-state index contributed by atoms with van der Waals surface area (Å²) >= 11 is 11.9. The first kappa shape index (κ1) is 14.2. The number of halogens is 2. The van der Waals surface area contributed by atoms with Crippen LogP contribution in [-0.2, 0) is 11.2 Å². The number of hydrogen-bond donors (Lipinski definition) is 1. The smallest absolute Gasteiger partial charge is 0.339 e. The molecule has 0 heterocycles. The van der Waals surface area contributed by atoms with Gasteiger partial charge >= 0.3 is 5.97 Å². The van der Waals surface area contributed by atoms with E-state index in [0.717, 1.165) is 6.42 Å². The van der Waals surface area contributed by atoms with E-state index in [0.29, 0.717) is 12.3 Å². The number of carbonyl (C=O) groups is 1. The van der Waals surface area contributed by atoms with Gasteiger partial charge < -0.3 is 10.5 Å². The Balaban J connectivity index is 1.69. The standard InChI is InChI=1S/C16H13Cl2NO2/c17-14-7-11(19)6-13(15(14)18)16(20)21-8-10-5-9-3-1-2-4-12(9)10/h1-4,6-7,10H,5,8,19H2. The highest BCUT2D eigenvalue weighted by Crippen LogP contribution is 2.35. The van der Waals surface area contributed by atoms with Crippen molar-refractivity contribution in [2.45, 2.75) is 12.3 Å². The number of nitrogen functional groups attached to an aromatic ring is 1. The fraction of sp³-hybridized carbons (Fsp3) is 0.188. The fourth-order valence-corrected chi connectivity index (χ4v) is 2.94. The SMILES string of the molecule is Nc1cc(Cl)c(Cl)c(C(=O)OCC2Cc3ccccc32)c1. The first-order chi connectivity index (χ1) is 10.1. The molecule has 1 aliphatic carbocycles. The first-order valence-corrected chi connectivity index (χ1v) is 7.31. The molecule has 0 fully saturated rings. The molecule has 2 N–H and O–H groups in total. The van der Waals surface area contributed by atoms with Crippen molar-refractivity contribution in [1.82, 2.24) is 0 Å². The van der Waals surface area contributed by atoms with E-state index < -0.39 is 5.97 Å². The summed E-state index contributed by atoms with van der Waals surface area (Å²) in [6.45, 7) is 0.332. The molecular formula is C16H13Cl2NO2. The Labute approximate surface area is 132 Å². The number of nitrogens with two attached hydrogens (primary N) is 1. The van der Waals surface area contributed by atoms with E-state index in [1.807, 2.05) is 12.1 Å². The van der Waals surface area contributed by atoms with Crippen molar-refractivity contribution >= 4 is 34.9 Å². The van der Waals surface area contributed by atoms with Gasteiger partial charge in [-0.1, -0.05) is 47.5 Å². The summed E-state index contributed by atoms with van der Waals surface area (Å²) in [6.07, 6.45) is 0.925. The van der Waals surface area contributed by atoms with Crippen LogP contribution in [0, 0.1) is 0 Å². The van der Waals surface area contributed by atoms with Crippen molar-refractivity contribution in [2.75, 3.05) is 12.3 Å². The lowest BCUT2D eigenvalue weighted by Crippen LogP contribution is -2.23. The maximum atomic E-state index is 12.1. The molecule has 21 heavy (non-hydrogen) atoms. The van der Waals surface area contributed by atoms with Crippen LogP contribution in [0.3, 0.4) is 0 Å². The van der Waals surface area contributed by atoms with E-state index >= 15 is 0 Å². The van der Waals surface area contributed by atoms with Gasteiger partial charge in [0.25, 0.3) is 0 Å². The Morgan fingerprint density at radius 2 is 2.05 bits per heavy atom. The maximum absolute atomic E-state index is 12.1. The highest BCUT2D eigenvalue weighted by molar-refractivity contribution is 6.44. The molecule has 0 aromatic heterocycles. The maximum Gasteiger partial charge on any atom is 0.339 e. The normalized spacial score (nSPS) is 16.0. The number of esters is 1. The summed E-state index contributed by atoms with van der Waals surface area (Å²) in [7, 11) is 0. The quantitative estimate of drug-likeness (QED) is 0.684. The summed E-state index contributed by atoms with van der Waals surface area (Å²) in [5.74, 6) is -0.251. The monoisotopic (exact) mass is 321 g/mol. The summed E-state index contributed by atoms with van der Waals surface area (Å²) in [5.41, 5.74) is 8.80. The molecule has 1 aliphatic rings. The molecule has 0 bridgehead atoms. The summed E-state index contributed by atoms with van der Waals surface area (Å²) in [5, 5.41) is 0.419. The molecule has 5 heteroatoms. The molecule has 108 valence electrons. The summed E-state index contributed by atoms with van der Waals surface area (Å²) < 4.78 is 5.34. The van der Waals surface area contributed by atoms with Crippen molar-refractivity contribution in [3.63, 3.8) is 0 Å². The second kappa shape index (κ2) is 5.58. The van der Waals surface area contributed by atoms with Crippen molar-refractivity contribution < 1.29 is 9.53 Å². The lowest BCUT2D eigenvalue weighted by Gasteiger charge is -2.29. The molecule has 2 aromatic rings. The molecule has 1 atom stereocenters. The fourth-order valence-electron chi connectivity index (χ4n) is 2.52. The summed E-state index contributed by atoms with van der Waals surface area (Å²) in [6, 6.07) is 11.1. The lowest BCUT2D eigenvalue weighted by atomic mass is 9.78. The van der Waals surface area contributed by atoms with Gasteiger partial charge in [0.2, 0.25) is 0 Å². The van der Waals surface area contributed by atoms with Gasteiger partial charge in [0.1, 0.15) is 0 Å². The van der Waals surface area contributed by atoms with Crippen LogP contribution in [0.4, 0.5) is 5.69 Å². The van der Waals surface area contributed by atoms with Crippen molar-refractivity contribution in [3.05, 3.63) is 63.1 Å². The molecule has 3 nitrogen and oxygen atoms in total. The van der Waals surface area contributed by atoms with E-state index in [2.05, 4.69) is 12.1 Å². The van der Waals surface area contributed by atoms with E-state index in [1.54, 1.807) is 0 Å². The Bertz CT molecular complexity index is 715. The third kappa shape index (κ3) is 2.71. The van der Waals surface area contributed by atoms with Crippen LogP contribution in [0.1, 0.15) is 27.4 Å². The van der Waals surface area contributed by atoms with Crippen LogP contribution in [0.25, 0.3) is 0 Å². The number of benzene rings is 2. The Hall–Kier alpha value is -1.71. The van der Waals surface area contributed by atoms with Crippen LogP contribution in [-0.4, -0.2) is 12.6 Å². The second-order valence-electron chi connectivity index (χ2n) is 5.06. The zero-order chi connectivity index (χ0) is 15.0. The van der Waals surface area contributed by atoms with Crippen LogP contribution in [0.15, 0.2) is 36.4 Å². The van der Waals surface area contributed by atoms with E-state index in [4.69, 9.17) is 33.7 Å². The minimum Gasteiger partial charge on any atom is -0.461 e. The largest absolute Gasteiger partial charge is 0.461 e. The molecule has 0 radical (unpaired) electrons. The average molecular weight is 322 g/mol. The number of fused-ring (bicyclic) bond motifs is 1. The molecule has 0 saturated heterocycles. The predicted molar refractivity (Wildman–Crippen MR) is 84.0 cm³/mol. The van der Waals surface area contributed by atoms with Crippen LogP contribution in [0.5, 0.6) is 0 Å². The Kier molecular flexibility index (Phi) is 3.79. The van der Waals surface area contributed by atoms with Crippen LogP contribution >= 0.6 is 23.2 Å². The van der Waals surface area contributed by atoms with Crippen molar-refractivity contribution in [2.24, 2.45) is 0 Å². The van der Waals surface area contributed by atoms with Gasteiger partial charge in [-0.05, 0) is 29.7 Å². The summed E-state index contributed by atoms with van der Waals surface area (Å²) in [4.78, 5) is 12.1. The zero-order valence-electron chi connectivity index (χ0n) is 11.1. The molecule has 0 aliphatic heterocycles. The van der Waals surface area contributed by atoms with Crippen molar-refractivity contribution in [1.29, 1.82) is 0 Å². The molecular weight excluding hydrogens is 309 g/mol. The Morgan fingerprint density at radius 1 is 1.29 bits per heavy atom. The second-order valence-corrected chi connectivity index (χ2v) is 5.85. The van der Waals surface area contributed by atoms with Gasteiger partial charge in [0.05, 0.1) is 22.2 Å². The van der Waals surface area contributed by atoms with Crippen LogP contribution in [0.2, 0.25) is 10.0 Å². The molecule has 2 aromatic carbocycles. The Morgan fingerprint density at radius 3 is 2.81 bits per heavy atom. The number of hydrogen-bond acceptors (Lipinski definition) is 3. The van der Waals surface area contributed by atoms with E-state index in [1.165, 1.54) is 23.3 Å². The highest BCUT2D eigenvalue weighted by atomic mass is 35.5. The topological polar surface area (TPSA) is 52.3 Å². The minimum absolute atomic E-state index is 0.171. The number of ether oxygens (including phenoxy) is 1. The van der Waals surface area contributed by atoms with Gasteiger partial charge in [-0.15, -0.1) is 0 Å². The van der Waals surface area contributed by atoms with Crippen molar-refractivity contribution in [3.8, 4) is 0 Å². The lowest BCUT2D eigenvalue weighted by molar-refractivity contribution is 0.0470. The van der Waals surface area contributed by atoms with Gasteiger partial charge in [0.15, 0.2) is 0 Å². The predicted octanol–water partition coefficient (Wildman–Crippen LogP) is 4.07. The number of rotatable bonds is 3. The number of carbonyl (C=O) groups excluding carboxylic acids is 1. The third-order valence-corrected chi connectivity index (χ3v) is 4.45. The van der Waals surface area contributed by atoms with E-state index in [-0.39, 0.29) is 21.5 Å². The minimum atomic E-state index is -0.501. The number of anilines is 1. The average Bonchev–Trinajstić information content (AvgIpc) is 2.43. The van der Waals surface area contributed by atoms with Gasteiger partial charge in [0, 0.05) is 11.6 Å². The van der Waals surface area contributed by atoms with E-state index in [9.17, 15) is 4.79 Å². The van der Waals surface area contributed by atoms with Gasteiger partial charge in [-0.3, -0.25) is 0 Å². The van der Waals surface area contributed by atoms with Gasteiger partial charge in [-0.2, -0.15) is 0 Å². The zero-order valence-corrected chi connectivity index (χ0v) is 12.6. The van der Waals surface area contributed by atoms with Crippen LogP contribution < -0.4 is 5.73 Å². The molecule has 0 spiro atoms. The molecule has 1 unspecified atom stereocenters. The van der Waals surface area contributed by atoms with Gasteiger partial charge in [-0.25, -0.2) is 4.79 Å². The third-order valence-electron chi connectivity index (χ3n) is 3.65. The molecule has 3 rings (SSSR count).